The first-order valence-electron chi connectivity index (χ1n) is 10.3. The molecule has 0 radical (unpaired) electrons. The Morgan fingerprint density at radius 3 is 2.56 bits per heavy atom. The van der Waals surface area contributed by atoms with Crippen LogP contribution in [0.15, 0.2) is 24.3 Å². The van der Waals surface area contributed by atoms with Gasteiger partial charge in [-0.25, -0.2) is 0 Å². The van der Waals surface area contributed by atoms with Gasteiger partial charge in [0.25, 0.3) is 0 Å². The van der Waals surface area contributed by atoms with E-state index in [1.165, 1.54) is 43.2 Å². The van der Waals surface area contributed by atoms with Gasteiger partial charge in [-0.2, -0.15) is 0 Å². The number of benzene rings is 1. The quantitative estimate of drug-likeness (QED) is 0.662. The Morgan fingerprint density at radius 2 is 1.89 bits per heavy atom. The van der Waals surface area contributed by atoms with Crippen molar-refractivity contribution in [3.05, 3.63) is 35.4 Å². The molecule has 0 aromatic heterocycles. The summed E-state index contributed by atoms with van der Waals surface area (Å²) >= 11 is 0. The Hall–Kier alpha value is -1.88. The Bertz CT molecular complexity index is 611. The molecule has 2 amide bonds. The van der Waals surface area contributed by atoms with Crippen molar-refractivity contribution in [1.29, 1.82) is 0 Å². The van der Waals surface area contributed by atoms with Crippen LogP contribution in [-0.2, 0) is 16.0 Å². The van der Waals surface area contributed by atoms with Crippen LogP contribution in [-0.4, -0.2) is 42.4 Å². The minimum Gasteiger partial charge on any atom is -0.369 e. The number of primary amides is 1. The highest BCUT2D eigenvalue weighted by atomic mass is 16.2. The maximum atomic E-state index is 12.5. The molecule has 27 heavy (non-hydrogen) atoms. The lowest BCUT2D eigenvalue weighted by atomic mass is 9.87. The van der Waals surface area contributed by atoms with E-state index < -0.39 is 0 Å². The van der Waals surface area contributed by atoms with Crippen LogP contribution >= 0.6 is 0 Å². The molecule has 1 saturated carbocycles. The highest BCUT2D eigenvalue weighted by Gasteiger charge is 2.18. The summed E-state index contributed by atoms with van der Waals surface area (Å²) in [5.74, 6) is 0.303. The Balaban J connectivity index is 1.80. The van der Waals surface area contributed by atoms with Crippen molar-refractivity contribution < 1.29 is 9.59 Å². The summed E-state index contributed by atoms with van der Waals surface area (Å²) in [7, 11) is 0. The van der Waals surface area contributed by atoms with Gasteiger partial charge in [0.2, 0.25) is 11.8 Å². The summed E-state index contributed by atoms with van der Waals surface area (Å²) in [6, 6.07) is 8.28. The average Bonchev–Trinajstić information content (AvgIpc) is 2.62. The molecule has 1 unspecified atom stereocenters. The number of carbonyl (C=O) groups excluding carboxylic acids is 2. The van der Waals surface area contributed by atoms with Gasteiger partial charge in [0.15, 0.2) is 0 Å². The summed E-state index contributed by atoms with van der Waals surface area (Å²) in [6.07, 6.45) is 8.32. The van der Waals surface area contributed by atoms with Gasteiger partial charge in [-0.1, -0.05) is 56.4 Å². The van der Waals surface area contributed by atoms with Crippen molar-refractivity contribution in [2.24, 2.45) is 11.7 Å². The van der Waals surface area contributed by atoms with Crippen LogP contribution in [0.5, 0.6) is 0 Å². The predicted molar refractivity (Wildman–Crippen MR) is 109 cm³/mol. The predicted octanol–water partition coefficient (Wildman–Crippen LogP) is 2.80. The van der Waals surface area contributed by atoms with Crippen molar-refractivity contribution in [3.63, 3.8) is 0 Å². The van der Waals surface area contributed by atoms with Crippen molar-refractivity contribution in [2.75, 3.05) is 19.6 Å². The topological polar surface area (TPSA) is 75.4 Å². The molecule has 5 heteroatoms. The molecule has 5 nitrogen and oxygen atoms in total. The van der Waals surface area contributed by atoms with Crippen LogP contribution in [0, 0.1) is 12.8 Å². The van der Waals surface area contributed by atoms with E-state index in [9.17, 15) is 9.59 Å². The standard InChI is InChI=1S/C22H35N3O2/c1-17-8-6-7-11-20(17)14-18(2)24-22(27)16-25(15-21(23)26)13-12-19-9-4-3-5-10-19/h6-8,11,18-19H,3-5,9-10,12-16H2,1-2H3,(H2,23,26)(H,24,27). The fourth-order valence-corrected chi connectivity index (χ4v) is 4.02. The third-order valence-corrected chi connectivity index (χ3v) is 5.52. The Morgan fingerprint density at radius 1 is 1.19 bits per heavy atom. The SMILES string of the molecule is Cc1ccccc1CC(C)NC(=O)CN(CCC1CCCCC1)CC(N)=O. The number of nitrogens with zero attached hydrogens (tertiary/aromatic N) is 1. The number of hydrogen-bond donors (Lipinski definition) is 2. The molecule has 0 bridgehead atoms. The van der Waals surface area contributed by atoms with Crippen LogP contribution in [0.3, 0.4) is 0 Å². The number of aryl methyl sites for hydroxylation is 1. The average molecular weight is 374 g/mol. The summed E-state index contributed by atoms with van der Waals surface area (Å²) in [6.45, 7) is 5.24. The van der Waals surface area contributed by atoms with Gasteiger partial charge in [-0.15, -0.1) is 0 Å². The summed E-state index contributed by atoms with van der Waals surface area (Å²) in [4.78, 5) is 25.8. The highest BCUT2D eigenvalue weighted by Crippen LogP contribution is 2.26. The minimum absolute atomic E-state index is 0.0408. The largest absolute Gasteiger partial charge is 0.369 e. The van der Waals surface area contributed by atoms with Gasteiger partial charge in [-0.3, -0.25) is 14.5 Å². The molecule has 0 heterocycles. The zero-order valence-electron chi connectivity index (χ0n) is 16.9. The van der Waals surface area contributed by atoms with E-state index in [0.29, 0.717) is 0 Å². The van der Waals surface area contributed by atoms with Gasteiger partial charge < -0.3 is 11.1 Å². The van der Waals surface area contributed by atoms with Crippen molar-refractivity contribution in [1.82, 2.24) is 10.2 Å². The third-order valence-electron chi connectivity index (χ3n) is 5.52. The van der Waals surface area contributed by atoms with Crippen molar-refractivity contribution in [3.8, 4) is 0 Å². The number of rotatable bonds is 10. The van der Waals surface area contributed by atoms with E-state index in [2.05, 4.69) is 24.4 Å². The second-order valence-corrected chi connectivity index (χ2v) is 8.07. The lowest BCUT2D eigenvalue weighted by Gasteiger charge is -2.26. The maximum Gasteiger partial charge on any atom is 0.234 e. The molecule has 1 fully saturated rings. The molecule has 3 N–H and O–H groups in total. The fourth-order valence-electron chi connectivity index (χ4n) is 4.02. The molecular weight excluding hydrogens is 338 g/mol. The Labute approximate surface area is 163 Å². The van der Waals surface area contributed by atoms with Crippen molar-refractivity contribution in [2.45, 2.75) is 64.8 Å². The molecule has 0 saturated heterocycles. The number of amides is 2. The first kappa shape index (κ1) is 21.4. The van der Waals surface area contributed by atoms with E-state index in [0.717, 1.165) is 25.3 Å². The van der Waals surface area contributed by atoms with Crippen LogP contribution in [0.2, 0.25) is 0 Å². The van der Waals surface area contributed by atoms with Gasteiger partial charge in [0.1, 0.15) is 0 Å². The van der Waals surface area contributed by atoms with Crippen LogP contribution in [0.1, 0.15) is 56.6 Å². The zero-order valence-corrected chi connectivity index (χ0v) is 16.9. The van der Waals surface area contributed by atoms with Crippen LogP contribution in [0.4, 0.5) is 0 Å². The summed E-state index contributed by atoms with van der Waals surface area (Å²) in [5.41, 5.74) is 7.87. The van der Waals surface area contributed by atoms with E-state index in [1.54, 1.807) is 0 Å². The summed E-state index contributed by atoms with van der Waals surface area (Å²) < 4.78 is 0. The first-order chi connectivity index (χ1) is 12.9. The molecule has 0 spiro atoms. The maximum absolute atomic E-state index is 12.5. The van der Waals surface area contributed by atoms with Gasteiger partial charge in [0, 0.05) is 6.04 Å². The number of carbonyl (C=O) groups is 2. The van der Waals surface area contributed by atoms with Crippen molar-refractivity contribution >= 4 is 11.8 Å². The van der Waals surface area contributed by atoms with E-state index in [1.807, 2.05) is 24.0 Å². The Kier molecular flexibility index (Phi) is 8.79. The normalized spacial score (nSPS) is 16.3. The second-order valence-electron chi connectivity index (χ2n) is 8.07. The third kappa shape index (κ3) is 8.12. The lowest BCUT2D eigenvalue weighted by molar-refractivity contribution is -0.124. The molecule has 1 aliphatic rings. The smallest absolute Gasteiger partial charge is 0.234 e. The van der Waals surface area contributed by atoms with Gasteiger partial charge in [-0.05, 0) is 50.3 Å². The molecule has 0 aliphatic heterocycles. The van der Waals surface area contributed by atoms with Gasteiger partial charge in [0.05, 0.1) is 13.1 Å². The molecule has 150 valence electrons. The van der Waals surface area contributed by atoms with E-state index in [-0.39, 0.29) is 30.9 Å². The second kappa shape index (κ2) is 11.1. The molecular formula is C22H35N3O2. The lowest BCUT2D eigenvalue weighted by Crippen LogP contribution is -2.45. The summed E-state index contributed by atoms with van der Waals surface area (Å²) in [5, 5.41) is 3.06. The number of nitrogens with two attached hydrogens (primary N) is 1. The zero-order chi connectivity index (χ0) is 19.6. The minimum atomic E-state index is -0.376. The molecule has 1 atom stereocenters. The monoisotopic (exact) mass is 373 g/mol. The number of hydrogen-bond acceptors (Lipinski definition) is 3. The van der Waals surface area contributed by atoms with E-state index in [4.69, 9.17) is 5.73 Å². The van der Waals surface area contributed by atoms with E-state index >= 15 is 0 Å². The first-order valence-corrected chi connectivity index (χ1v) is 10.3. The molecule has 2 rings (SSSR count). The van der Waals surface area contributed by atoms with Crippen LogP contribution < -0.4 is 11.1 Å². The molecule has 1 aromatic carbocycles. The highest BCUT2D eigenvalue weighted by molar-refractivity contribution is 5.80. The van der Waals surface area contributed by atoms with Gasteiger partial charge >= 0.3 is 0 Å². The number of nitrogens with one attached hydrogen (secondary N) is 1. The fraction of sp³-hybridized carbons (Fsp3) is 0.636. The molecule has 1 aliphatic carbocycles. The molecule has 1 aromatic rings. The van der Waals surface area contributed by atoms with Crippen LogP contribution in [0.25, 0.3) is 0 Å².